The van der Waals surface area contributed by atoms with Gasteiger partial charge in [0.2, 0.25) is 0 Å². The Kier molecular flexibility index (Phi) is 3.92. The zero-order valence-electron chi connectivity index (χ0n) is 9.39. The van der Waals surface area contributed by atoms with Gasteiger partial charge in [0.1, 0.15) is 5.82 Å². The summed E-state index contributed by atoms with van der Waals surface area (Å²) in [6, 6.07) is 4.61. The number of nitrogens with zero attached hydrogens (tertiary/aromatic N) is 2. The number of imidazole rings is 1. The maximum Gasteiger partial charge on any atom is 0.324 e. The van der Waals surface area contributed by atoms with Crippen LogP contribution in [0, 0.1) is 0 Å². The van der Waals surface area contributed by atoms with Crippen molar-refractivity contribution in [2.75, 3.05) is 0 Å². The minimum Gasteiger partial charge on any atom is -0.319 e. The van der Waals surface area contributed by atoms with Gasteiger partial charge in [0, 0.05) is 0 Å². The predicted molar refractivity (Wildman–Crippen MR) is 65.3 cm³/mol. The van der Waals surface area contributed by atoms with E-state index in [0.29, 0.717) is 5.52 Å². The van der Waals surface area contributed by atoms with Crippen LogP contribution < -0.4 is 0 Å². The smallest absolute Gasteiger partial charge is 0.319 e. The van der Waals surface area contributed by atoms with Crippen LogP contribution in [0.5, 0.6) is 0 Å². The average molecular weight is 315 g/mol. The largest absolute Gasteiger partial charge is 0.324 e. The summed E-state index contributed by atoms with van der Waals surface area (Å²) >= 11 is 11.5. The summed E-state index contributed by atoms with van der Waals surface area (Å²) in [7, 11) is 0. The van der Waals surface area contributed by atoms with Crippen molar-refractivity contribution in [3.05, 3.63) is 29.0 Å². The fourth-order valence-electron chi connectivity index (χ4n) is 1.74. The Labute approximate surface area is 115 Å². The third kappa shape index (κ3) is 2.65. The van der Waals surface area contributed by atoms with Gasteiger partial charge in [-0.05, 0) is 12.1 Å². The zero-order valence-corrected chi connectivity index (χ0v) is 10.9. The van der Waals surface area contributed by atoms with Crippen molar-refractivity contribution >= 4 is 34.2 Å². The minimum atomic E-state index is -4.17. The van der Waals surface area contributed by atoms with Gasteiger partial charge in [0.15, 0.2) is 0 Å². The van der Waals surface area contributed by atoms with Crippen LogP contribution in [0.25, 0.3) is 11.0 Å². The van der Waals surface area contributed by atoms with Crippen molar-refractivity contribution in [1.29, 1.82) is 0 Å². The second kappa shape index (κ2) is 5.17. The van der Waals surface area contributed by atoms with Crippen molar-refractivity contribution in [2.24, 2.45) is 0 Å². The van der Waals surface area contributed by atoms with E-state index in [0.717, 1.165) is 4.57 Å². The second-order valence-corrected chi connectivity index (χ2v) is 4.59. The molecule has 1 heterocycles. The Balaban J connectivity index is 2.58. The molecule has 0 aliphatic rings. The number of alkyl halides is 5. The van der Waals surface area contributed by atoms with Crippen LogP contribution in [-0.4, -0.2) is 21.9 Å². The number of para-hydroxylation sites is 1. The summed E-state index contributed by atoms with van der Waals surface area (Å²) in [5.74, 6) is -4.28. The molecule has 104 valence electrons. The van der Waals surface area contributed by atoms with Gasteiger partial charge >= 0.3 is 12.3 Å². The molecule has 8 heteroatoms. The Morgan fingerprint density at radius 2 is 2.00 bits per heavy atom. The molecule has 0 saturated heterocycles. The van der Waals surface area contributed by atoms with E-state index in [9.17, 15) is 17.6 Å². The van der Waals surface area contributed by atoms with Crippen LogP contribution in [0.4, 0.5) is 17.6 Å². The first-order valence-corrected chi connectivity index (χ1v) is 6.13. The van der Waals surface area contributed by atoms with Crippen molar-refractivity contribution in [1.82, 2.24) is 9.55 Å². The molecule has 0 spiro atoms. The van der Waals surface area contributed by atoms with Crippen LogP contribution in [0.2, 0.25) is 5.02 Å². The number of hydrogen-bond acceptors (Lipinski definition) is 1. The predicted octanol–water partition coefficient (Wildman–Crippen LogP) is 4.33. The van der Waals surface area contributed by atoms with Gasteiger partial charge in [-0.3, -0.25) is 0 Å². The third-order valence-electron chi connectivity index (χ3n) is 2.60. The highest BCUT2D eigenvalue weighted by molar-refractivity contribution is 6.35. The van der Waals surface area contributed by atoms with E-state index in [1.54, 1.807) is 12.1 Å². The second-order valence-electron chi connectivity index (χ2n) is 3.92. The van der Waals surface area contributed by atoms with Crippen LogP contribution >= 0.6 is 23.2 Å². The highest BCUT2D eigenvalue weighted by Crippen LogP contribution is 2.31. The number of aromatic nitrogens is 2. The number of rotatable bonds is 4. The normalized spacial score (nSPS) is 12.6. The molecular formula is C11H8Cl2F4N2. The summed E-state index contributed by atoms with van der Waals surface area (Å²) < 4.78 is 51.9. The zero-order chi connectivity index (χ0) is 14.2. The Morgan fingerprint density at radius 3 is 2.58 bits per heavy atom. The topological polar surface area (TPSA) is 17.8 Å². The lowest BCUT2D eigenvalue weighted by Gasteiger charge is -2.17. The van der Waals surface area contributed by atoms with Crippen molar-refractivity contribution in [3.8, 4) is 0 Å². The fourth-order valence-corrected chi connectivity index (χ4v) is 2.22. The van der Waals surface area contributed by atoms with Crippen molar-refractivity contribution < 1.29 is 17.6 Å². The van der Waals surface area contributed by atoms with E-state index in [4.69, 9.17) is 23.2 Å². The first-order chi connectivity index (χ1) is 8.86. The summed E-state index contributed by atoms with van der Waals surface area (Å²) in [5, 5.41) is 0.159. The molecule has 2 nitrogen and oxygen atoms in total. The number of fused-ring (bicyclic) bond motifs is 1. The van der Waals surface area contributed by atoms with E-state index in [1.165, 1.54) is 6.07 Å². The Morgan fingerprint density at radius 1 is 1.32 bits per heavy atom. The van der Waals surface area contributed by atoms with Crippen LogP contribution in [-0.2, 0) is 12.4 Å². The average Bonchev–Trinajstić information content (AvgIpc) is 2.68. The lowest BCUT2D eigenvalue weighted by atomic mass is 10.3. The number of hydrogen-bond donors (Lipinski definition) is 0. The van der Waals surface area contributed by atoms with E-state index >= 15 is 0 Å². The quantitative estimate of drug-likeness (QED) is 0.606. The van der Waals surface area contributed by atoms with Gasteiger partial charge in [-0.25, -0.2) is 13.8 Å². The monoisotopic (exact) mass is 314 g/mol. The fraction of sp³-hybridized carbons (Fsp3) is 0.364. The maximum absolute atomic E-state index is 13.2. The maximum atomic E-state index is 13.2. The molecule has 0 radical (unpaired) electrons. The highest BCUT2D eigenvalue weighted by atomic mass is 35.5. The molecule has 0 aliphatic carbocycles. The lowest BCUT2D eigenvalue weighted by Crippen LogP contribution is -2.32. The van der Waals surface area contributed by atoms with Gasteiger partial charge in [0.25, 0.3) is 0 Å². The van der Waals surface area contributed by atoms with Crippen molar-refractivity contribution in [2.45, 2.75) is 24.8 Å². The van der Waals surface area contributed by atoms with E-state index in [1.807, 2.05) is 0 Å². The van der Waals surface area contributed by atoms with Gasteiger partial charge in [-0.1, -0.05) is 17.7 Å². The Bertz CT molecular complexity index is 598. The molecule has 0 saturated carbocycles. The molecule has 2 aromatic rings. The summed E-state index contributed by atoms with van der Waals surface area (Å²) in [6.07, 6.45) is -3.77. The summed E-state index contributed by atoms with van der Waals surface area (Å²) in [6.45, 7) is -1.22. The van der Waals surface area contributed by atoms with Gasteiger partial charge in [0.05, 0.1) is 28.5 Å². The molecule has 0 fully saturated rings. The van der Waals surface area contributed by atoms with Crippen LogP contribution in [0.15, 0.2) is 18.2 Å². The molecule has 2 rings (SSSR count). The van der Waals surface area contributed by atoms with Crippen molar-refractivity contribution in [3.63, 3.8) is 0 Å². The number of benzene rings is 1. The van der Waals surface area contributed by atoms with Crippen LogP contribution in [0.3, 0.4) is 0 Å². The third-order valence-corrected chi connectivity index (χ3v) is 3.15. The first-order valence-electron chi connectivity index (χ1n) is 5.22. The molecule has 0 unspecified atom stereocenters. The molecule has 0 aliphatic heterocycles. The standard InChI is InChI=1S/C11H8Cl2F4N2/c12-4-8-18-7-3-1-2-6(13)9(7)19(8)5-11(16,17)10(14)15/h1-3,10H,4-5H2. The lowest BCUT2D eigenvalue weighted by molar-refractivity contribution is -0.137. The summed E-state index contributed by atoms with van der Waals surface area (Å²) in [5.41, 5.74) is 0.522. The molecule has 19 heavy (non-hydrogen) atoms. The number of halogens is 6. The highest BCUT2D eigenvalue weighted by Gasteiger charge is 2.42. The SMILES string of the molecule is FC(F)C(F)(F)Cn1c(CCl)nc2cccc(Cl)c21. The molecule has 1 aromatic carbocycles. The van der Waals surface area contributed by atoms with E-state index in [2.05, 4.69) is 4.98 Å². The molecule has 0 atom stereocenters. The molecular weight excluding hydrogens is 307 g/mol. The molecule has 1 aromatic heterocycles. The van der Waals surface area contributed by atoms with Gasteiger partial charge in [-0.15, -0.1) is 11.6 Å². The molecule has 0 amide bonds. The molecule has 0 bridgehead atoms. The van der Waals surface area contributed by atoms with Gasteiger partial charge < -0.3 is 4.57 Å². The van der Waals surface area contributed by atoms with Crippen LogP contribution in [0.1, 0.15) is 5.82 Å². The Hall–Kier alpha value is -1.01. The van der Waals surface area contributed by atoms with Gasteiger partial charge in [-0.2, -0.15) is 8.78 Å². The summed E-state index contributed by atoms with van der Waals surface area (Å²) in [4.78, 5) is 4.00. The molecule has 0 N–H and O–H groups in total. The minimum absolute atomic E-state index is 0.0742. The van der Waals surface area contributed by atoms with E-state index in [-0.39, 0.29) is 22.2 Å². The first kappa shape index (κ1) is 14.4. The van der Waals surface area contributed by atoms with E-state index < -0.39 is 18.9 Å².